The van der Waals surface area contributed by atoms with Crippen LogP contribution < -0.4 is 4.74 Å². The van der Waals surface area contributed by atoms with Crippen molar-refractivity contribution in [3.63, 3.8) is 0 Å². The fraction of sp³-hybridized carbons (Fsp3) is 0.429. The second kappa shape index (κ2) is 3.85. The van der Waals surface area contributed by atoms with Gasteiger partial charge in [0.15, 0.2) is 0 Å². The molecule has 0 spiro atoms. The van der Waals surface area contributed by atoms with Crippen LogP contribution in [0, 0.1) is 5.41 Å². The molecule has 86 valence electrons. The molecule has 1 aromatic carbocycles. The molecule has 0 amide bonds. The van der Waals surface area contributed by atoms with E-state index in [9.17, 15) is 0 Å². The summed E-state index contributed by atoms with van der Waals surface area (Å²) in [5.41, 5.74) is 2.77. The van der Waals surface area contributed by atoms with Crippen molar-refractivity contribution in [3.8, 4) is 5.75 Å². The summed E-state index contributed by atoms with van der Waals surface area (Å²) < 4.78 is 5.42. The van der Waals surface area contributed by atoms with Crippen LogP contribution in [0.5, 0.6) is 5.75 Å². The van der Waals surface area contributed by atoms with E-state index >= 15 is 0 Å². The van der Waals surface area contributed by atoms with Crippen LogP contribution in [-0.2, 0) is 6.42 Å². The summed E-state index contributed by atoms with van der Waals surface area (Å²) >= 11 is 0. The van der Waals surface area contributed by atoms with Crippen LogP contribution in [0.1, 0.15) is 26.3 Å². The number of nitrogens with one attached hydrogen (secondary N) is 1. The van der Waals surface area contributed by atoms with Gasteiger partial charge in [0.1, 0.15) is 5.75 Å². The highest BCUT2D eigenvalue weighted by Gasteiger charge is 2.16. The highest BCUT2D eigenvalue weighted by atomic mass is 16.5. The third-order valence-electron chi connectivity index (χ3n) is 2.69. The minimum atomic E-state index is 0.288. The predicted molar refractivity (Wildman–Crippen MR) is 68.0 cm³/mol. The van der Waals surface area contributed by atoms with Gasteiger partial charge in [-0.25, -0.2) is 0 Å². The summed E-state index contributed by atoms with van der Waals surface area (Å²) in [6.45, 7) is 6.75. The molecule has 0 bridgehead atoms. The van der Waals surface area contributed by atoms with E-state index in [0.29, 0.717) is 0 Å². The van der Waals surface area contributed by atoms with Crippen LogP contribution in [0.25, 0.3) is 10.9 Å². The average molecular weight is 217 g/mol. The number of rotatable bonds is 2. The van der Waals surface area contributed by atoms with Crippen molar-refractivity contribution >= 4 is 10.9 Å². The van der Waals surface area contributed by atoms with Crippen molar-refractivity contribution in [2.24, 2.45) is 5.41 Å². The maximum absolute atomic E-state index is 5.42. The molecule has 0 unspecified atom stereocenters. The molecule has 16 heavy (non-hydrogen) atoms. The number of hydrogen-bond acceptors (Lipinski definition) is 1. The molecule has 2 rings (SSSR count). The Labute approximate surface area is 96.6 Å². The number of hydrogen-bond donors (Lipinski definition) is 1. The maximum Gasteiger partial charge on any atom is 0.128 e. The molecular weight excluding hydrogens is 198 g/mol. The first-order chi connectivity index (χ1) is 7.51. The van der Waals surface area contributed by atoms with E-state index in [1.54, 1.807) is 7.11 Å². The Bertz CT molecular complexity index is 491. The van der Waals surface area contributed by atoms with Crippen LogP contribution in [0.4, 0.5) is 0 Å². The summed E-state index contributed by atoms with van der Waals surface area (Å²) in [4.78, 5) is 3.31. The van der Waals surface area contributed by atoms with Gasteiger partial charge < -0.3 is 9.72 Å². The van der Waals surface area contributed by atoms with Crippen LogP contribution in [0.3, 0.4) is 0 Å². The molecule has 0 fully saturated rings. The van der Waals surface area contributed by atoms with Gasteiger partial charge in [-0.2, -0.15) is 0 Å². The van der Waals surface area contributed by atoms with Crippen molar-refractivity contribution in [1.82, 2.24) is 4.98 Å². The van der Waals surface area contributed by atoms with Gasteiger partial charge in [-0.05, 0) is 29.5 Å². The summed E-state index contributed by atoms with van der Waals surface area (Å²) in [7, 11) is 1.72. The van der Waals surface area contributed by atoms with Crippen molar-refractivity contribution in [3.05, 3.63) is 30.0 Å². The zero-order valence-electron chi connectivity index (χ0n) is 10.4. The topological polar surface area (TPSA) is 25.0 Å². The van der Waals surface area contributed by atoms with Gasteiger partial charge in [-0.15, -0.1) is 0 Å². The molecule has 0 saturated heterocycles. The molecule has 1 heterocycles. The van der Waals surface area contributed by atoms with E-state index in [1.165, 1.54) is 10.9 Å². The molecule has 0 radical (unpaired) electrons. The lowest BCUT2D eigenvalue weighted by atomic mass is 9.88. The molecule has 0 aliphatic carbocycles. The molecule has 0 aliphatic heterocycles. The highest BCUT2D eigenvalue weighted by molar-refractivity contribution is 5.89. The zero-order chi connectivity index (χ0) is 11.8. The second-order valence-electron chi connectivity index (χ2n) is 5.43. The third kappa shape index (κ3) is 2.06. The first-order valence-corrected chi connectivity index (χ1v) is 5.64. The van der Waals surface area contributed by atoms with Gasteiger partial charge in [0.2, 0.25) is 0 Å². The number of H-pyrrole nitrogens is 1. The fourth-order valence-electron chi connectivity index (χ4n) is 2.10. The van der Waals surface area contributed by atoms with Crippen LogP contribution in [-0.4, -0.2) is 12.1 Å². The second-order valence-corrected chi connectivity index (χ2v) is 5.43. The standard InChI is InChI=1S/C14H19NO/c1-14(2,3)8-10-9-15-11-6-5-7-12(16-4)13(10)11/h5-7,9,15H,8H2,1-4H3. The normalized spacial score (nSPS) is 12.0. The monoisotopic (exact) mass is 217 g/mol. The lowest BCUT2D eigenvalue weighted by molar-refractivity contribution is 0.408. The largest absolute Gasteiger partial charge is 0.496 e. The summed E-state index contributed by atoms with van der Waals surface area (Å²) in [6.07, 6.45) is 3.14. The quantitative estimate of drug-likeness (QED) is 0.814. The predicted octanol–water partition coefficient (Wildman–Crippen LogP) is 3.77. The molecule has 2 nitrogen and oxygen atoms in total. The minimum absolute atomic E-state index is 0.288. The molecule has 2 aromatic rings. The number of aromatic amines is 1. The third-order valence-corrected chi connectivity index (χ3v) is 2.69. The number of fused-ring (bicyclic) bond motifs is 1. The first-order valence-electron chi connectivity index (χ1n) is 5.64. The van der Waals surface area contributed by atoms with E-state index in [0.717, 1.165) is 17.7 Å². The van der Waals surface area contributed by atoms with Gasteiger partial charge in [0, 0.05) is 17.1 Å². The number of ether oxygens (including phenoxy) is 1. The Morgan fingerprint density at radius 2 is 2.00 bits per heavy atom. The Kier molecular flexibility index (Phi) is 2.66. The Hall–Kier alpha value is -1.44. The van der Waals surface area contributed by atoms with E-state index < -0.39 is 0 Å². The summed E-state index contributed by atoms with van der Waals surface area (Å²) in [5, 5.41) is 1.22. The van der Waals surface area contributed by atoms with E-state index in [1.807, 2.05) is 12.1 Å². The Morgan fingerprint density at radius 1 is 1.25 bits per heavy atom. The van der Waals surface area contributed by atoms with E-state index in [-0.39, 0.29) is 5.41 Å². The van der Waals surface area contributed by atoms with Gasteiger partial charge in [0.05, 0.1) is 7.11 Å². The Balaban J connectivity index is 2.54. The number of benzene rings is 1. The van der Waals surface area contributed by atoms with Crippen molar-refractivity contribution in [2.45, 2.75) is 27.2 Å². The van der Waals surface area contributed by atoms with E-state index in [4.69, 9.17) is 4.74 Å². The van der Waals surface area contributed by atoms with Crippen molar-refractivity contribution in [1.29, 1.82) is 0 Å². The number of methoxy groups -OCH3 is 1. The van der Waals surface area contributed by atoms with Crippen LogP contribution in [0.15, 0.2) is 24.4 Å². The van der Waals surface area contributed by atoms with Gasteiger partial charge in [0.25, 0.3) is 0 Å². The zero-order valence-corrected chi connectivity index (χ0v) is 10.4. The molecule has 0 aliphatic rings. The van der Waals surface area contributed by atoms with Gasteiger partial charge in [-0.3, -0.25) is 0 Å². The Morgan fingerprint density at radius 3 is 2.62 bits per heavy atom. The maximum atomic E-state index is 5.42. The molecular formula is C14H19NO. The summed E-state index contributed by atoms with van der Waals surface area (Å²) in [5.74, 6) is 0.956. The first kappa shape index (κ1) is 11.1. The van der Waals surface area contributed by atoms with Crippen molar-refractivity contribution < 1.29 is 4.74 Å². The smallest absolute Gasteiger partial charge is 0.128 e. The molecule has 2 heteroatoms. The van der Waals surface area contributed by atoms with E-state index in [2.05, 4.69) is 38.0 Å². The number of aromatic nitrogens is 1. The SMILES string of the molecule is COc1cccc2[nH]cc(CC(C)(C)C)c12. The molecule has 1 aromatic heterocycles. The van der Waals surface area contributed by atoms with Crippen LogP contribution >= 0.6 is 0 Å². The lowest BCUT2D eigenvalue weighted by Crippen LogP contribution is -2.08. The highest BCUT2D eigenvalue weighted by Crippen LogP contribution is 2.32. The molecule has 1 N–H and O–H groups in total. The van der Waals surface area contributed by atoms with Gasteiger partial charge >= 0.3 is 0 Å². The van der Waals surface area contributed by atoms with Crippen molar-refractivity contribution in [2.75, 3.05) is 7.11 Å². The van der Waals surface area contributed by atoms with Gasteiger partial charge in [-0.1, -0.05) is 26.8 Å². The minimum Gasteiger partial charge on any atom is -0.496 e. The molecule has 0 atom stereocenters. The average Bonchev–Trinajstić information content (AvgIpc) is 2.59. The fourth-order valence-corrected chi connectivity index (χ4v) is 2.10. The lowest BCUT2D eigenvalue weighted by Gasteiger charge is -2.17. The summed E-state index contributed by atoms with van der Waals surface area (Å²) in [6, 6.07) is 6.12. The molecule has 0 saturated carbocycles. The van der Waals surface area contributed by atoms with Crippen LogP contribution in [0.2, 0.25) is 0 Å².